The van der Waals surface area contributed by atoms with Crippen molar-refractivity contribution in [2.24, 2.45) is 0 Å². The fourth-order valence-corrected chi connectivity index (χ4v) is 4.28. The number of nitrogens with zero attached hydrogens (tertiary/aromatic N) is 3. The van der Waals surface area contributed by atoms with E-state index >= 15 is 0 Å². The Bertz CT molecular complexity index is 734. The number of aryl methyl sites for hydroxylation is 1. The highest BCUT2D eigenvalue weighted by atomic mass is 16.6. The van der Waals surface area contributed by atoms with Gasteiger partial charge in [0.05, 0.1) is 13.7 Å². The summed E-state index contributed by atoms with van der Waals surface area (Å²) in [6.45, 7) is 13.3. The number of hydrogen-bond donors (Lipinski definition) is 0. The number of piperazine rings is 1. The Morgan fingerprint density at radius 1 is 1.10 bits per heavy atom. The van der Waals surface area contributed by atoms with E-state index in [-0.39, 0.29) is 6.09 Å². The minimum absolute atomic E-state index is 0.232. The molecule has 0 bridgehead atoms. The van der Waals surface area contributed by atoms with Gasteiger partial charge in [-0.3, -0.25) is 0 Å². The van der Waals surface area contributed by atoms with E-state index in [9.17, 15) is 4.79 Å². The van der Waals surface area contributed by atoms with E-state index in [1.807, 2.05) is 25.7 Å². The first kappa shape index (κ1) is 21.8. The molecule has 0 spiro atoms. The summed E-state index contributed by atoms with van der Waals surface area (Å²) in [7, 11) is 3.94. The van der Waals surface area contributed by atoms with Crippen LogP contribution in [0.4, 0.5) is 10.5 Å². The highest BCUT2D eigenvalue weighted by Gasteiger charge is 2.31. The highest BCUT2D eigenvalue weighted by Crippen LogP contribution is 2.39. The number of rotatable bonds is 4. The fraction of sp³-hybridized carbons (Fsp3) is 0.696. The number of hydrogen-bond acceptors (Lipinski definition) is 5. The van der Waals surface area contributed by atoms with Gasteiger partial charge in [0.25, 0.3) is 0 Å². The smallest absolute Gasteiger partial charge is 0.410 e. The van der Waals surface area contributed by atoms with Gasteiger partial charge in [-0.05, 0) is 52.3 Å². The van der Waals surface area contributed by atoms with E-state index in [1.165, 1.54) is 22.4 Å². The molecule has 1 fully saturated rings. The predicted octanol–water partition coefficient (Wildman–Crippen LogP) is 3.69. The number of methoxy groups -OCH3 is 1. The number of carbonyl (C=O) groups is 1. The van der Waals surface area contributed by atoms with E-state index < -0.39 is 5.60 Å². The average molecular weight is 404 g/mol. The van der Waals surface area contributed by atoms with Gasteiger partial charge >= 0.3 is 6.09 Å². The molecule has 162 valence electrons. The number of amides is 1. The van der Waals surface area contributed by atoms with Crippen LogP contribution in [0.3, 0.4) is 0 Å². The lowest BCUT2D eigenvalue weighted by molar-refractivity contribution is 0.0223. The third-order valence-corrected chi connectivity index (χ3v) is 5.75. The zero-order valence-electron chi connectivity index (χ0n) is 19.0. The Kier molecular flexibility index (Phi) is 6.62. The maximum Gasteiger partial charge on any atom is 0.410 e. The summed E-state index contributed by atoms with van der Waals surface area (Å²) in [5.74, 6) is 1.02. The van der Waals surface area contributed by atoms with Gasteiger partial charge in [-0.15, -0.1) is 0 Å². The number of fused-ring (bicyclic) bond motifs is 1. The lowest BCUT2D eigenvalue weighted by Gasteiger charge is -2.39. The zero-order chi connectivity index (χ0) is 21.2. The number of anilines is 1. The number of ether oxygens (including phenoxy) is 2. The van der Waals surface area contributed by atoms with Crippen LogP contribution in [-0.2, 0) is 24.1 Å². The molecule has 1 saturated heterocycles. The summed E-state index contributed by atoms with van der Waals surface area (Å²) in [5.41, 5.74) is 4.56. The van der Waals surface area contributed by atoms with E-state index in [2.05, 4.69) is 29.8 Å². The normalized spacial score (nSPS) is 17.9. The van der Waals surface area contributed by atoms with Crippen molar-refractivity contribution < 1.29 is 14.3 Å². The fourth-order valence-electron chi connectivity index (χ4n) is 4.28. The largest absolute Gasteiger partial charge is 0.496 e. The van der Waals surface area contributed by atoms with Crippen LogP contribution in [0.25, 0.3) is 0 Å². The molecule has 0 saturated carbocycles. The van der Waals surface area contributed by atoms with E-state index in [4.69, 9.17) is 9.47 Å². The second kappa shape index (κ2) is 8.82. The number of carbonyl (C=O) groups excluding carboxylic acids is 1. The minimum Gasteiger partial charge on any atom is -0.496 e. The molecule has 0 radical (unpaired) electrons. The lowest BCUT2D eigenvalue weighted by atomic mass is 9.91. The molecule has 2 aliphatic rings. The molecule has 0 N–H and O–H groups in total. The van der Waals surface area contributed by atoms with Gasteiger partial charge in [0.1, 0.15) is 11.4 Å². The van der Waals surface area contributed by atoms with Crippen LogP contribution in [0.5, 0.6) is 5.75 Å². The van der Waals surface area contributed by atoms with E-state index in [0.29, 0.717) is 13.1 Å². The molecule has 0 aromatic heterocycles. The van der Waals surface area contributed by atoms with Crippen molar-refractivity contribution in [3.63, 3.8) is 0 Å². The molecule has 0 aliphatic carbocycles. The van der Waals surface area contributed by atoms with Crippen LogP contribution >= 0.6 is 0 Å². The summed E-state index contributed by atoms with van der Waals surface area (Å²) in [6, 6.07) is 2.31. The molecule has 6 nitrogen and oxygen atoms in total. The van der Waals surface area contributed by atoms with Crippen LogP contribution in [-0.4, -0.2) is 68.4 Å². The molecule has 0 atom stereocenters. The predicted molar refractivity (Wildman–Crippen MR) is 117 cm³/mol. The lowest BCUT2D eigenvalue weighted by Crippen LogP contribution is -2.46. The van der Waals surface area contributed by atoms with Gasteiger partial charge in [0.15, 0.2) is 0 Å². The molecule has 1 aromatic carbocycles. The van der Waals surface area contributed by atoms with Crippen molar-refractivity contribution in [3.05, 3.63) is 22.8 Å². The first-order valence-electron chi connectivity index (χ1n) is 10.9. The minimum atomic E-state index is -0.486. The first-order chi connectivity index (χ1) is 13.7. The Morgan fingerprint density at radius 2 is 1.79 bits per heavy atom. The van der Waals surface area contributed by atoms with Crippen LogP contribution in [0.1, 0.15) is 50.8 Å². The third kappa shape index (κ3) is 4.97. The Balaban J connectivity index is 1.98. The second-order valence-electron chi connectivity index (χ2n) is 9.24. The highest BCUT2D eigenvalue weighted by molar-refractivity contribution is 5.71. The second-order valence-corrected chi connectivity index (χ2v) is 9.24. The van der Waals surface area contributed by atoms with Gasteiger partial charge in [-0.25, -0.2) is 4.79 Å². The molecule has 2 heterocycles. The standard InChI is InChI=1S/C23H37N3O3/c1-7-8-17-15-20(25-13-11-24(5)12-14-25)19-16-26(22(27)29-23(2,3)4)10-9-18(19)21(17)28-6/h15H,7-14,16H2,1-6H3. The molecule has 2 aliphatic heterocycles. The maximum absolute atomic E-state index is 12.7. The van der Waals surface area contributed by atoms with Crippen molar-refractivity contribution >= 4 is 11.8 Å². The average Bonchev–Trinajstić information content (AvgIpc) is 2.66. The molecule has 6 heteroatoms. The summed E-state index contributed by atoms with van der Waals surface area (Å²) in [6.07, 6.45) is 2.66. The van der Waals surface area contributed by atoms with Gasteiger partial charge in [-0.1, -0.05) is 13.3 Å². The molecule has 0 unspecified atom stereocenters. The van der Waals surface area contributed by atoms with Gasteiger partial charge in [0, 0.05) is 49.5 Å². The molecule has 1 amide bonds. The summed E-state index contributed by atoms with van der Waals surface area (Å²) < 4.78 is 11.5. The summed E-state index contributed by atoms with van der Waals surface area (Å²) in [4.78, 5) is 19.4. The molecule has 1 aromatic rings. The molecular formula is C23H37N3O3. The van der Waals surface area contributed by atoms with E-state index in [0.717, 1.165) is 51.2 Å². The van der Waals surface area contributed by atoms with Crippen molar-refractivity contribution in [1.82, 2.24) is 9.80 Å². The van der Waals surface area contributed by atoms with Gasteiger partial charge < -0.3 is 24.2 Å². The van der Waals surface area contributed by atoms with Crippen LogP contribution in [0, 0.1) is 0 Å². The van der Waals surface area contributed by atoms with Crippen molar-refractivity contribution in [2.75, 3.05) is 51.8 Å². The summed E-state index contributed by atoms with van der Waals surface area (Å²) in [5, 5.41) is 0. The van der Waals surface area contributed by atoms with Gasteiger partial charge in [-0.2, -0.15) is 0 Å². The zero-order valence-corrected chi connectivity index (χ0v) is 19.0. The van der Waals surface area contributed by atoms with Gasteiger partial charge in [0.2, 0.25) is 0 Å². The third-order valence-electron chi connectivity index (χ3n) is 5.75. The van der Waals surface area contributed by atoms with Crippen LogP contribution in [0.15, 0.2) is 6.07 Å². The molecular weight excluding hydrogens is 366 g/mol. The number of benzene rings is 1. The number of likely N-dealkylation sites (N-methyl/N-ethyl adjacent to an activating group) is 1. The SMILES string of the molecule is CCCc1cc(N2CCN(C)CC2)c2c(c1OC)CCN(C(=O)OC(C)(C)C)C2. The quantitative estimate of drug-likeness (QED) is 0.767. The Hall–Kier alpha value is -1.95. The Morgan fingerprint density at radius 3 is 2.38 bits per heavy atom. The Labute approximate surface area is 175 Å². The molecule has 29 heavy (non-hydrogen) atoms. The van der Waals surface area contributed by atoms with Crippen LogP contribution < -0.4 is 9.64 Å². The first-order valence-corrected chi connectivity index (χ1v) is 10.9. The monoisotopic (exact) mass is 403 g/mol. The maximum atomic E-state index is 12.7. The summed E-state index contributed by atoms with van der Waals surface area (Å²) >= 11 is 0. The van der Waals surface area contributed by atoms with Crippen LogP contribution in [0.2, 0.25) is 0 Å². The van der Waals surface area contributed by atoms with E-state index in [1.54, 1.807) is 7.11 Å². The van der Waals surface area contributed by atoms with Crippen molar-refractivity contribution in [1.29, 1.82) is 0 Å². The van der Waals surface area contributed by atoms with Crippen molar-refractivity contribution in [2.45, 2.75) is 59.1 Å². The molecule has 3 rings (SSSR count). The topological polar surface area (TPSA) is 45.2 Å². The van der Waals surface area contributed by atoms with Crippen molar-refractivity contribution in [3.8, 4) is 5.75 Å².